The zero-order chi connectivity index (χ0) is 16.7. The fraction of sp³-hybridized carbons (Fsp3) is 0.158. The van der Waals surface area contributed by atoms with Crippen molar-refractivity contribution in [1.82, 2.24) is 15.3 Å². The zero-order valence-electron chi connectivity index (χ0n) is 13.1. The van der Waals surface area contributed by atoms with Crippen LogP contribution >= 0.6 is 0 Å². The zero-order valence-corrected chi connectivity index (χ0v) is 13.1. The van der Waals surface area contributed by atoms with Gasteiger partial charge < -0.3 is 10.3 Å². The van der Waals surface area contributed by atoms with Crippen molar-refractivity contribution in [1.29, 1.82) is 0 Å². The average Bonchev–Trinajstić information content (AvgIpc) is 2.99. The molecule has 24 heavy (non-hydrogen) atoms. The van der Waals surface area contributed by atoms with Gasteiger partial charge in [-0.25, -0.2) is 4.39 Å². The molecule has 0 saturated carbocycles. The van der Waals surface area contributed by atoms with Gasteiger partial charge in [-0.05, 0) is 37.3 Å². The van der Waals surface area contributed by atoms with Crippen LogP contribution in [0, 0.1) is 5.82 Å². The van der Waals surface area contributed by atoms with Gasteiger partial charge in [0.2, 0.25) is 0 Å². The molecule has 1 aromatic carbocycles. The summed E-state index contributed by atoms with van der Waals surface area (Å²) in [6.07, 6.45) is 2.47. The molecule has 2 N–H and O–H groups in total. The summed E-state index contributed by atoms with van der Waals surface area (Å²) in [4.78, 5) is 19.7. The number of carbonyl (C=O) groups is 1. The minimum Gasteiger partial charge on any atom is -0.358 e. The van der Waals surface area contributed by atoms with Gasteiger partial charge in [0.1, 0.15) is 5.82 Å². The van der Waals surface area contributed by atoms with Gasteiger partial charge in [-0.3, -0.25) is 9.78 Å². The van der Waals surface area contributed by atoms with E-state index in [0.717, 1.165) is 28.9 Å². The van der Waals surface area contributed by atoms with Crippen molar-refractivity contribution in [2.45, 2.75) is 19.4 Å². The average molecular weight is 321 g/mol. The number of aromatic amines is 1. The SMILES string of the molecule is CC1Cc2[nH]c(-c3ccnc(-c4cccc(F)c4)c3)cc2C(=O)N1. The molecule has 1 unspecified atom stereocenters. The molecule has 1 amide bonds. The minimum absolute atomic E-state index is 0.0503. The molecule has 0 fully saturated rings. The second-order valence-electron chi connectivity index (χ2n) is 6.09. The first-order chi connectivity index (χ1) is 11.6. The second kappa shape index (κ2) is 5.60. The topological polar surface area (TPSA) is 57.8 Å². The first-order valence-corrected chi connectivity index (χ1v) is 7.85. The maximum atomic E-state index is 13.4. The van der Waals surface area contributed by atoms with E-state index in [9.17, 15) is 9.18 Å². The van der Waals surface area contributed by atoms with Gasteiger partial charge in [-0.1, -0.05) is 12.1 Å². The molecule has 3 aromatic rings. The number of halogens is 1. The van der Waals surface area contributed by atoms with Gasteiger partial charge in [0, 0.05) is 41.2 Å². The monoisotopic (exact) mass is 321 g/mol. The summed E-state index contributed by atoms with van der Waals surface area (Å²) in [5, 5.41) is 2.93. The highest BCUT2D eigenvalue weighted by Gasteiger charge is 2.24. The molecule has 4 rings (SSSR count). The highest BCUT2D eigenvalue weighted by atomic mass is 19.1. The van der Waals surface area contributed by atoms with E-state index in [4.69, 9.17) is 0 Å². The van der Waals surface area contributed by atoms with E-state index in [2.05, 4.69) is 15.3 Å². The third-order valence-corrected chi connectivity index (χ3v) is 4.22. The Morgan fingerprint density at radius 1 is 1.17 bits per heavy atom. The summed E-state index contributed by atoms with van der Waals surface area (Å²) in [7, 11) is 0. The molecule has 0 bridgehead atoms. The van der Waals surface area contributed by atoms with E-state index >= 15 is 0 Å². The molecule has 0 spiro atoms. The highest BCUT2D eigenvalue weighted by Crippen LogP contribution is 2.28. The summed E-state index contributed by atoms with van der Waals surface area (Å²) in [6, 6.07) is 12.1. The Morgan fingerprint density at radius 2 is 2.04 bits per heavy atom. The third kappa shape index (κ3) is 2.58. The second-order valence-corrected chi connectivity index (χ2v) is 6.09. The Kier molecular flexibility index (Phi) is 3.41. The van der Waals surface area contributed by atoms with Crippen LogP contribution in [0.15, 0.2) is 48.7 Å². The van der Waals surface area contributed by atoms with Crippen LogP contribution in [0.1, 0.15) is 23.0 Å². The Bertz CT molecular complexity index is 932. The molecule has 120 valence electrons. The van der Waals surface area contributed by atoms with E-state index in [-0.39, 0.29) is 17.8 Å². The summed E-state index contributed by atoms with van der Waals surface area (Å²) in [6.45, 7) is 1.98. The Morgan fingerprint density at radius 3 is 2.88 bits per heavy atom. The quantitative estimate of drug-likeness (QED) is 0.758. The largest absolute Gasteiger partial charge is 0.358 e. The van der Waals surface area contributed by atoms with Gasteiger partial charge in [0.25, 0.3) is 5.91 Å². The van der Waals surface area contributed by atoms with Gasteiger partial charge in [-0.15, -0.1) is 0 Å². The Balaban J connectivity index is 1.75. The van der Waals surface area contributed by atoms with Crippen molar-refractivity contribution < 1.29 is 9.18 Å². The van der Waals surface area contributed by atoms with E-state index in [1.165, 1.54) is 12.1 Å². The fourth-order valence-corrected chi connectivity index (χ4v) is 3.08. The van der Waals surface area contributed by atoms with Gasteiger partial charge in [0.05, 0.1) is 11.3 Å². The molecule has 1 atom stereocenters. The number of amides is 1. The summed E-state index contributed by atoms with van der Waals surface area (Å²) < 4.78 is 13.4. The lowest BCUT2D eigenvalue weighted by Crippen LogP contribution is -2.38. The van der Waals surface area contributed by atoms with Crippen molar-refractivity contribution in [3.05, 3.63) is 65.7 Å². The molecule has 1 aliphatic rings. The van der Waals surface area contributed by atoms with Crippen molar-refractivity contribution in [2.24, 2.45) is 0 Å². The lowest BCUT2D eigenvalue weighted by Gasteiger charge is -2.19. The van der Waals surface area contributed by atoms with Crippen molar-refractivity contribution in [3.63, 3.8) is 0 Å². The van der Waals surface area contributed by atoms with E-state index in [0.29, 0.717) is 11.3 Å². The molecule has 5 heteroatoms. The third-order valence-electron chi connectivity index (χ3n) is 4.22. The molecule has 0 radical (unpaired) electrons. The number of fused-ring (bicyclic) bond motifs is 1. The standard InChI is InChI=1S/C19H16FN3O/c1-11-7-18-15(19(24)22-11)10-17(23-18)13-5-6-21-16(9-13)12-3-2-4-14(20)8-12/h2-6,8-11,23H,7H2,1H3,(H,22,24). The van der Waals surface area contributed by atoms with Crippen LogP contribution in [-0.2, 0) is 6.42 Å². The number of pyridine rings is 1. The van der Waals surface area contributed by atoms with Crippen LogP contribution in [-0.4, -0.2) is 21.9 Å². The molecular formula is C19H16FN3O. The van der Waals surface area contributed by atoms with Crippen LogP contribution < -0.4 is 5.32 Å². The predicted molar refractivity (Wildman–Crippen MR) is 90.0 cm³/mol. The first kappa shape index (κ1) is 14.6. The summed E-state index contributed by atoms with van der Waals surface area (Å²) >= 11 is 0. The van der Waals surface area contributed by atoms with Gasteiger partial charge in [0.15, 0.2) is 0 Å². The summed E-state index contributed by atoms with van der Waals surface area (Å²) in [5.41, 5.74) is 4.83. The lowest BCUT2D eigenvalue weighted by atomic mass is 10.0. The Hall–Kier alpha value is -2.95. The lowest BCUT2D eigenvalue weighted by molar-refractivity contribution is 0.0929. The molecule has 1 aliphatic heterocycles. The first-order valence-electron chi connectivity index (χ1n) is 7.85. The Labute approximate surface area is 138 Å². The van der Waals surface area contributed by atoms with Crippen molar-refractivity contribution in [3.8, 4) is 22.5 Å². The van der Waals surface area contributed by atoms with Crippen LogP contribution in [0.4, 0.5) is 4.39 Å². The van der Waals surface area contributed by atoms with E-state index in [1.54, 1.807) is 12.3 Å². The van der Waals surface area contributed by atoms with E-state index < -0.39 is 0 Å². The van der Waals surface area contributed by atoms with Crippen LogP contribution in [0.25, 0.3) is 22.5 Å². The smallest absolute Gasteiger partial charge is 0.253 e. The number of nitrogens with zero attached hydrogens (tertiary/aromatic N) is 1. The molecule has 3 heterocycles. The number of rotatable bonds is 2. The van der Waals surface area contributed by atoms with Gasteiger partial charge in [-0.2, -0.15) is 0 Å². The predicted octanol–water partition coefficient (Wildman–Crippen LogP) is 3.56. The van der Waals surface area contributed by atoms with E-state index in [1.807, 2.05) is 31.2 Å². The molecule has 0 saturated heterocycles. The number of benzene rings is 1. The highest BCUT2D eigenvalue weighted by molar-refractivity contribution is 5.98. The molecule has 0 aliphatic carbocycles. The fourth-order valence-electron chi connectivity index (χ4n) is 3.08. The maximum absolute atomic E-state index is 13.4. The number of H-pyrrole nitrogens is 1. The van der Waals surface area contributed by atoms with Crippen LogP contribution in [0.3, 0.4) is 0 Å². The van der Waals surface area contributed by atoms with Crippen molar-refractivity contribution >= 4 is 5.91 Å². The number of hydrogen-bond donors (Lipinski definition) is 2. The minimum atomic E-state index is -0.291. The van der Waals surface area contributed by atoms with Crippen molar-refractivity contribution in [2.75, 3.05) is 0 Å². The maximum Gasteiger partial charge on any atom is 0.253 e. The van der Waals surface area contributed by atoms with Crippen LogP contribution in [0.5, 0.6) is 0 Å². The number of hydrogen-bond acceptors (Lipinski definition) is 2. The number of carbonyl (C=O) groups excluding carboxylic acids is 1. The molecular weight excluding hydrogens is 305 g/mol. The number of aromatic nitrogens is 2. The molecule has 4 nitrogen and oxygen atoms in total. The van der Waals surface area contributed by atoms with Gasteiger partial charge >= 0.3 is 0 Å². The summed E-state index contributed by atoms with van der Waals surface area (Å²) in [5.74, 6) is -0.341. The van der Waals surface area contributed by atoms with Crippen LogP contribution in [0.2, 0.25) is 0 Å². The normalized spacial score (nSPS) is 16.6. The molecule has 2 aromatic heterocycles. The number of nitrogens with one attached hydrogen (secondary N) is 2.